The van der Waals surface area contributed by atoms with Crippen molar-refractivity contribution in [1.29, 1.82) is 0 Å². The van der Waals surface area contributed by atoms with Crippen LogP contribution in [0.4, 0.5) is 0 Å². The monoisotopic (exact) mass is 339 g/mol. The van der Waals surface area contributed by atoms with Crippen LogP contribution in [0.2, 0.25) is 0 Å². The summed E-state index contributed by atoms with van der Waals surface area (Å²) in [6, 6.07) is 3.80. The van der Waals surface area contributed by atoms with Crippen LogP contribution in [0, 0.1) is 0 Å². The largest absolute Gasteiger partial charge is 0.493 e. The number of hydrogen-bond acceptors (Lipinski definition) is 5. The number of rotatable bonds is 10. The van der Waals surface area contributed by atoms with Gasteiger partial charge in [-0.1, -0.05) is 0 Å². The van der Waals surface area contributed by atoms with Gasteiger partial charge in [-0.3, -0.25) is 4.99 Å². The lowest BCUT2D eigenvalue weighted by Crippen LogP contribution is -2.37. The minimum atomic E-state index is 0.550. The second kappa shape index (κ2) is 11.4. The summed E-state index contributed by atoms with van der Waals surface area (Å²) in [7, 11) is 6.55. The van der Waals surface area contributed by atoms with Gasteiger partial charge in [0, 0.05) is 38.9 Å². The Hall–Kier alpha value is -2.15. The molecule has 0 aliphatic rings. The number of hydrogen-bond donors (Lipinski definition) is 2. The summed E-state index contributed by atoms with van der Waals surface area (Å²) in [5.41, 5.74) is 0.951. The van der Waals surface area contributed by atoms with Crippen LogP contribution in [0.3, 0.4) is 0 Å². The molecule has 0 bridgehead atoms. The van der Waals surface area contributed by atoms with Gasteiger partial charge >= 0.3 is 0 Å². The number of nitrogens with zero attached hydrogens (tertiary/aromatic N) is 1. The van der Waals surface area contributed by atoms with Crippen LogP contribution in [0.5, 0.6) is 17.2 Å². The highest BCUT2D eigenvalue weighted by molar-refractivity contribution is 5.79. The Morgan fingerprint density at radius 1 is 1.04 bits per heavy atom. The number of ether oxygens (including phenoxy) is 4. The average molecular weight is 339 g/mol. The molecule has 0 heterocycles. The van der Waals surface area contributed by atoms with Crippen molar-refractivity contribution in [2.24, 2.45) is 4.99 Å². The third-order valence-electron chi connectivity index (χ3n) is 3.42. The first-order valence-electron chi connectivity index (χ1n) is 8.01. The van der Waals surface area contributed by atoms with Gasteiger partial charge in [-0.25, -0.2) is 0 Å². The summed E-state index contributed by atoms with van der Waals surface area (Å²) < 4.78 is 21.5. The SMILES string of the molecule is CCOCCCNC(=NC)NCc1ccc(OC)c(OC)c1OC. The maximum atomic E-state index is 5.48. The van der Waals surface area contributed by atoms with Gasteiger partial charge in [-0.15, -0.1) is 0 Å². The summed E-state index contributed by atoms with van der Waals surface area (Å²) >= 11 is 0. The second-order valence-corrected chi connectivity index (χ2v) is 4.90. The molecule has 0 spiro atoms. The first-order chi connectivity index (χ1) is 11.7. The van der Waals surface area contributed by atoms with Gasteiger partial charge in [0.05, 0.1) is 21.3 Å². The lowest BCUT2D eigenvalue weighted by molar-refractivity contribution is 0.145. The predicted molar refractivity (Wildman–Crippen MR) is 95.4 cm³/mol. The molecule has 7 heteroatoms. The van der Waals surface area contributed by atoms with Crippen LogP contribution >= 0.6 is 0 Å². The minimum Gasteiger partial charge on any atom is -0.493 e. The normalized spacial score (nSPS) is 11.1. The van der Waals surface area contributed by atoms with E-state index in [2.05, 4.69) is 15.6 Å². The average Bonchev–Trinajstić information content (AvgIpc) is 2.62. The number of benzene rings is 1. The van der Waals surface area contributed by atoms with Gasteiger partial charge in [0.1, 0.15) is 0 Å². The first-order valence-corrected chi connectivity index (χ1v) is 8.01. The van der Waals surface area contributed by atoms with Gasteiger partial charge in [0.25, 0.3) is 0 Å². The zero-order chi connectivity index (χ0) is 17.8. The lowest BCUT2D eigenvalue weighted by atomic mass is 10.1. The molecule has 0 amide bonds. The summed E-state index contributed by atoms with van der Waals surface area (Å²) in [5.74, 6) is 2.59. The van der Waals surface area contributed by atoms with Crippen molar-refractivity contribution in [3.05, 3.63) is 17.7 Å². The highest BCUT2D eigenvalue weighted by Gasteiger charge is 2.15. The van der Waals surface area contributed by atoms with E-state index in [0.29, 0.717) is 23.8 Å². The van der Waals surface area contributed by atoms with Crippen LogP contribution in [0.25, 0.3) is 0 Å². The van der Waals surface area contributed by atoms with E-state index >= 15 is 0 Å². The molecular formula is C17H29N3O4. The number of aliphatic imine (C=N–C) groups is 1. The van der Waals surface area contributed by atoms with Crippen molar-refractivity contribution in [3.63, 3.8) is 0 Å². The van der Waals surface area contributed by atoms with Gasteiger partial charge in [-0.05, 0) is 25.5 Å². The Kier molecular flexibility index (Phi) is 9.45. The second-order valence-electron chi connectivity index (χ2n) is 4.90. The molecule has 0 saturated heterocycles. The standard InChI is InChI=1S/C17H29N3O4/c1-6-24-11-7-10-19-17(18-2)20-12-13-8-9-14(21-3)16(23-5)15(13)22-4/h8-9H,6-7,10-12H2,1-5H3,(H2,18,19,20). The third kappa shape index (κ3) is 5.81. The first kappa shape index (κ1) is 19.9. The van der Waals surface area contributed by atoms with Gasteiger partial charge < -0.3 is 29.6 Å². The summed E-state index contributed by atoms with van der Waals surface area (Å²) in [6.45, 7) is 4.82. The smallest absolute Gasteiger partial charge is 0.203 e. The zero-order valence-corrected chi connectivity index (χ0v) is 15.3. The zero-order valence-electron chi connectivity index (χ0n) is 15.3. The topological polar surface area (TPSA) is 73.3 Å². The molecule has 24 heavy (non-hydrogen) atoms. The lowest BCUT2D eigenvalue weighted by Gasteiger charge is -2.17. The Balaban J connectivity index is 2.65. The van der Waals surface area contributed by atoms with Gasteiger partial charge in [0.15, 0.2) is 17.5 Å². The molecule has 0 aliphatic carbocycles. The molecular weight excluding hydrogens is 310 g/mol. The molecule has 1 rings (SSSR count). The van der Waals surface area contributed by atoms with E-state index < -0.39 is 0 Å². The van der Waals surface area contributed by atoms with Crippen molar-refractivity contribution >= 4 is 5.96 Å². The third-order valence-corrected chi connectivity index (χ3v) is 3.42. The number of guanidine groups is 1. The molecule has 0 atom stereocenters. The Morgan fingerprint density at radius 3 is 2.38 bits per heavy atom. The van der Waals surface area contributed by atoms with Crippen molar-refractivity contribution in [2.45, 2.75) is 19.9 Å². The maximum Gasteiger partial charge on any atom is 0.203 e. The van der Waals surface area contributed by atoms with Crippen LogP contribution in [0.15, 0.2) is 17.1 Å². The quantitative estimate of drug-likeness (QED) is 0.385. The molecule has 2 N–H and O–H groups in total. The molecule has 0 radical (unpaired) electrons. The van der Waals surface area contributed by atoms with Crippen LogP contribution < -0.4 is 24.8 Å². The number of nitrogens with one attached hydrogen (secondary N) is 2. The van der Waals surface area contributed by atoms with Gasteiger partial charge in [-0.2, -0.15) is 0 Å². The highest BCUT2D eigenvalue weighted by atomic mass is 16.5. The van der Waals surface area contributed by atoms with Gasteiger partial charge in [0.2, 0.25) is 5.75 Å². The summed E-state index contributed by atoms with van der Waals surface area (Å²) in [6.07, 6.45) is 0.925. The van der Waals surface area contributed by atoms with E-state index in [9.17, 15) is 0 Å². The van der Waals surface area contributed by atoms with Crippen molar-refractivity contribution in [1.82, 2.24) is 10.6 Å². The molecule has 1 aromatic rings. The van der Waals surface area contributed by atoms with E-state index in [1.54, 1.807) is 28.4 Å². The number of methoxy groups -OCH3 is 3. The summed E-state index contributed by atoms with van der Waals surface area (Å²) in [5, 5.41) is 6.51. The Labute approximate surface area is 144 Å². The van der Waals surface area contributed by atoms with E-state index in [0.717, 1.165) is 37.7 Å². The fraction of sp³-hybridized carbons (Fsp3) is 0.588. The molecule has 0 aromatic heterocycles. The molecule has 0 aliphatic heterocycles. The predicted octanol–water partition coefficient (Wildman–Crippen LogP) is 1.80. The van der Waals surface area contributed by atoms with Crippen LogP contribution in [-0.2, 0) is 11.3 Å². The molecule has 1 aromatic carbocycles. The van der Waals surface area contributed by atoms with E-state index in [-0.39, 0.29) is 0 Å². The van der Waals surface area contributed by atoms with E-state index in [1.165, 1.54) is 0 Å². The van der Waals surface area contributed by atoms with Crippen molar-refractivity contribution in [3.8, 4) is 17.2 Å². The maximum absolute atomic E-state index is 5.48. The molecule has 136 valence electrons. The fourth-order valence-electron chi connectivity index (χ4n) is 2.23. The van der Waals surface area contributed by atoms with Crippen LogP contribution in [0.1, 0.15) is 18.9 Å². The molecule has 0 fully saturated rings. The van der Waals surface area contributed by atoms with Crippen LogP contribution in [-0.4, -0.2) is 54.1 Å². The molecule has 0 saturated carbocycles. The fourth-order valence-corrected chi connectivity index (χ4v) is 2.23. The minimum absolute atomic E-state index is 0.550. The van der Waals surface area contributed by atoms with Crippen molar-refractivity contribution < 1.29 is 18.9 Å². The van der Waals surface area contributed by atoms with Crippen molar-refractivity contribution in [2.75, 3.05) is 48.1 Å². The summed E-state index contributed by atoms with van der Waals surface area (Å²) in [4.78, 5) is 4.21. The Bertz CT molecular complexity index is 521. The Morgan fingerprint density at radius 2 is 1.79 bits per heavy atom. The molecule has 0 unspecified atom stereocenters. The van der Waals surface area contributed by atoms with E-state index in [4.69, 9.17) is 18.9 Å². The molecule has 7 nitrogen and oxygen atoms in total. The highest BCUT2D eigenvalue weighted by Crippen LogP contribution is 2.39. The van der Waals surface area contributed by atoms with E-state index in [1.807, 2.05) is 19.1 Å².